The molecule has 0 aliphatic carbocycles. The number of hydrogen-bond acceptors (Lipinski definition) is 3. The molecule has 0 atom stereocenters. The number of fused-ring (bicyclic) bond motifs is 1. The molecule has 2 rings (SSSR count). The van der Waals surface area contributed by atoms with Crippen LogP contribution >= 0.6 is 0 Å². The Kier molecular flexibility index (Phi) is 2.07. The van der Waals surface area contributed by atoms with E-state index in [0.717, 1.165) is 0 Å². The van der Waals surface area contributed by atoms with Crippen molar-refractivity contribution in [1.29, 1.82) is 0 Å². The van der Waals surface area contributed by atoms with Crippen molar-refractivity contribution in [3.8, 4) is 0 Å². The van der Waals surface area contributed by atoms with Crippen molar-refractivity contribution in [3.63, 3.8) is 0 Å². The van der Waals surface area contributed by atoms with Gasteiger partial charge in [0.25, 0.3) is 0 Å². The summed E-state index contributed by atoms with van der Waals surface area (Å²) in [4.78, 5) is 18.2. The Morgan fingerprint density at radius 2 is 2.13 bits per heavy atom. The molecular formula is C10H7FN2O2. The molecule has 4 nitrogen and oxygen atoms in total. The number of carboxylic acid groups (broad SMARTS) is 1. The molecule has 0 saturated carbocycles. The SMILES string of the molecule is Cc1nc(C(=O)O)nc2cc(F)ccc12. The van der Waals surface area contributed by atoms with Crippen LogP contribution in [0.15, 0.2) is 18.2 Å². The average molecular weight is 206 g/mol. The third-order valence-corrected chi connectivity index (χ3v) is 2.04. The number of benzene rings is 1. The van der Waals surface area contributed by atoms with E-state index < -0.39 is 11.8 Å². The number of aromatic nitrogens is 2. The van der Waals surface area contributed by atoms with E-state index in [1.165, 1.54) is 18.2 Å². The molecule has 0 amide bonds. The van der Waals surface area contributed by atoms with Gasteiger partial charge in [0, 0.05) is 17.1 Å². The summed E-state index contributed by atoms with van der Waals surface area (Å²) >= 11 is 0. The second-order valence-corrected chi connectivity index (χ2v) is 3.10. The largest absolute Gasteiger partial charge is 0.475 e. The number of nitrogens with zero attached hydrogens (tertiary/aromatic N) is 2. The first-order valence-corrected chi connectivity index (χ1v) is 4.25. The monoisotopic (exact) mass is 206 g/mol. The van der Waals surface area contributed by atoms with Gasteiger partial charge in [-0.25, -0.2) is 19.2 Å². The average Bonchev–Trinajstić information content (AvgIpc) is 2.16. The molecule has 0 spiro atoms. The molecule has 2 aromatic rings. The highest BCUT2D eigenvalue weighted by molar-refractivity contribution is 5.88. The molecule has 1 heterocycles. The topological polar surface area (TPSA) is 63.1 Å². The lowest BCUT2D eigenvalue weighted by Crippen LogP contribution is -2.05. The van der Waals surface area contributed by atoms with E-state index in [-0.39, 0.29) is 5.82 Å². The van der Waals surface area contributed by atoms with Crippen LogP contribution in [0.1, 0.15) is 16.3 Å². The highest BCUT2D eigenvalue weighted by atomic mass is 19.1. The zero-order valence-electron chi connectivity index (χ0n) is 7.86. The van der Waals surface area contributed by atoms with Gasteiger partial charge in [-0.05, 0) is 19.1 Å². The van der Waals surface area contributed by atoms with Gasteiger partial charge in [-0.3, -0.25) is 0 Å². The Morgan fingerprint density at radius 3 is 2.80 bits per heavy atom. The summed E-state index contributed by atoms with van der Waals surface area (Å²) in [5.41, 5.74) is 0.831. The van der Waals surface area contributed by atoms with Crippen molar-refractivity contribution in [3.05, 3.63) is 35.5 Å². The number of carbonyl (C=O) groups is 1. The van der Waals surface area contributed by atoms with E-state index in [0.29, 0.717) is 16.6 Å². The predicted molar refractivity (Wildman–Crippen MR) is 51.2 cm³/mol. The maximum absolute atomic E-state index is 12.9. The van der Waals surface area contributed by atoms with Crippen LogP contribution in [0.25, 0.3) is 10.9 Å². The lowest BCUT2D eigenvalue weighted by atomic mass is 10.2. The summed E-state index contributed by atoms with van der Waals surface area (Å²) in [5.74, 6) is -1.98. The van der Waals surface area contributed by atoms with Crippen molar-refractivity contribution in [2.75, 3.05) is 0 Å². The van der Waals surface area contributed by atoms with E-state index in [4.69, 9.17) is 5.11 Å². The van der Waals surface area contributed by atoms with Crippen LogP contribution in [0.5, 0.6) is 0 Å². The Balaban J connectivity index is 2.79. The summed E-state index contributed by atoms with van der Waals surface area (Å²) in [7, 11) is 0. The fraction of sp³-hybridized carbons (Fsp3) is 0.100. The zero-order chi connectivity index (χ0) is 11.0. The minimum atomic E-state index is -1.22. The minimum absolute atomic E-state index is 0.305. The van der Waals surface area contributed by atoms with Crippen LogP contribution in [0.4, 0.5) is 4.39 Å². The summed E-state index contributed by atoms with van der Waals surface area (Å²) in [6, 6.07) is 4.02. The van der Waals surface area contributed by atoms with Gasteiger partial charge in [0.2, 0.25) is 5.82 Å². The van der Waals surface area contributed by atoms with Crippen molar-refractivity contribution in [1.82, 2.24) is 9.97 Å². The summed E-state index contributed by atoms with van der Waals surface area (Å²) in [5, 5.41) is 9.37. The molecule has 0 aliphatic heterocycles. The molecule has 0 radical (unpaired) electrons. The number of carboxylic acids is 1. The molecule has 0 unspecified atom stereocenters. The second kappa shape index (κ2) is 3.27. The van der Waals surface area contributed by atoms with E-state index in [2.05, 4.69) is 9.97 Å². The standard InChI is InChI=1S/C10H7FN2O2/c1-5-7-3-2-6(11)4-8(7)13-9(12-5)10(14)15/h2-4H,1H3,(H,14,15). The quantitative estimate of drug-likeness (QED) is 0.772. The lowest BCUT2D eigenvalue weighted by molar-refractivity contribution is 0.0683. The first-order valence-electron chi connectivity index (χ1n) is 4.25. The van der Waals surface area contributed by atoms with Gasteiger partial charge in [-0.2, -0.15) is 0 Å². The molecule has 0 fully saturated rings. The highest BCUT2D eigenvalue weighted by Gasteiger charge is 2.10. The predicted octanol–water partition coefficient (Wildman–Crippen LogP) is 1.78. The zero-order valence-corrected chi connectivity index (χ0v) is 7.86. The van der Waals surface area contributed by atoms with Crippen LogP contribution in [-0.2, 0) is 0 Å². The molecule has 1 aromatic heterocycles. The summed E-state index contributed by atoms with van der Waals surface area (Å²) in [6.07, 6.45) is 0. The third-order valence-electron chi connectivity index (χ3n) is 2.04. The van der Waals surface area contributed by atoms with Crippen LogP contribution < -0.4 is 0 Å². The first-order chi connectivity index (χ1) is 7.08. The molecule has 5 heteroatoms. The van der Waals surface area contributed by atoms with E-state index in [1.807, 2.05) is 0 Å². The summed E-state index contributed by atoms with van der Waals surface area (Å²) < 4.78 is 12.9. The van der Waals surface area contributed by atoms with Gasteiger partial charge in [-0.15, -0.1) is 0 Å². The van der Waals surface area contributed by atoms with Crippen LogP contribution in [-0.4, -0.2) is 21.0 Å². The van der Waals surface area contributed by atoms with E-state index >= 15 is 0 Å². The Labute approximate surface area is 84.4 Å². The maximum atomic E-state index is 12.9. The van der Waals surface area contributed by atoms with Gasteiger partial charge < -0.3 is 5.11 Å². The van der Waals surface area contributed by atoms with Gasteiger partial charge in [0.15, 0.2) is 0 Å². The molecule has 76 valence electrons. The highest BCUT2D eigenvalue weighted by Crippen LogP contribution is 2.16. The first kappa shape index (κ1) is 9.51. The second-order valence-electron chi connectivity index (χ2n) is 3.10. The number of halogens is 1. The number of aryl methyl sites for hydroxylation is 1. The fourth-order valence-corrected chi connectivity index (χ4v) is 1.36. The molecule has 1 N–H and O–H groups in total. The molecule has 0 saturated heterocycles. The Bertz CT molecular complexity index is 554. The molecule has 15 heavy (non-hydrogen) atoms. The van der Waals surface area contributed by atoms with Crippen LogP contribution in [0.3, 0.4) is 0 Å². The number of hydrogen-bond donors (Lipinski definition) is 1. The van der Waals surface area contributed by atoms with Crippen molar-refractivity contribution < 1.29 is 14.3 Å². The van der Waals surface area contributed by atoms with Crippen molar-refractivity contribution >= 4 is 16.9 Å². The van der Waals surface area contributed by atoms with Crippen LogP contribution in [0.2, 0.25) is 0 Å². The maximum Gasteiger partial charge on any atom is 0.373 e. The van der Waals surface area contributed by atoms with Gasteiger partial charge in [0.1, 0.15) is 5.82 Å². The van der Waals surface area contributed by atoms with Crippen molar-refractivity contribution in [2.45, 2.75) is 6.92 Å². The lowest BCUT2D eigenvalue weighted by Gasteiger charge is -2.02. The Morgan fingerprint density at radius 1 is 1.40 bits per heavy atom. The van der Waals surface area contributed by atoms with Gasteiger partial charge in [0.05, 0.1) is 5.52 Å². The minimum Gasteiger partial charge on any atom is -0.475 e. The smallest absolute Gasteiger partial charge is 0.373 e. The van der Waals surface area contributed by atoms with Crippen LogP contribution in [0, 0.1) is 12.7 Å². The Hall–Kier alpha value is -2.04. The normalized spacial score (nSPS) is 10.5. The molecule has 1 aromatic carbocycles. The van der Waals surface area contributed by atoms with E-state index in [9.17, 15) is 9.18 Å². The number of rotatable bonds is 1. The summed E-state index contributed by atoms with van der Waals surface area (Å²) in [6.45, 7) is 1.66. The third kappa shape index (κ3) is 1.63. The molecule has 0 aliphatic rings. The number of aromatic carboxylic acids is 1. The van der Waals surface area contributed by atoms with E-state index in [1.54, 1.807) is 6.92 Å². The van der Waals surface area contributed by atoms with Gasteiger partial charge >= 0.3 is 5.97 Å². The fourth-order valence-electron chi connectivity index (χ4n) is 1.36. The molecule has 0 bridgehead atoms. The molecular weight excluding hydrogens is 199 g/mol. The van der Waals surface area contributed by atoms with Gasteiger partial charge in [-0.1, -0.05) is 0 Å². The van der Waals surface area contributed by atoms with Crippen molar-refractivity contribution in [2.24, 2.45) is 0 Å².